The minimum Gasteiger partial charge on any atom is -0.506 e. The van der Waals surface area contributed by atoms with Crippen molar-refractivity contribution in [3.05, 3.63) is 45.3 Å². The highest BCUT2D eigenvalue weighted by Crippen LogP contribution is 2.28. The summed E-state index contributed by atoms with van der Waals surface area (Å²) in [6, 6.07) is 3.50. The first kappa shape index (κ1) is 15.5. The lowest BCUT2D eigenvalue weighted by atomic mass is 10.1. The minimum absolute atomic E-state index is 0.110. The third-order valence-electron chi connectivity index (χ3n) is 3.35. The molecule has 0 fully saturated rings. The van der Waals surface area contributed by atoms with Gasteiger partial charge in [-0.15, -0.1) is 0 Å². The van der Waals surface area contributed by atoms with Crippen molar-refractivity contribution in [3.8, 4) is 5.75 Å². The molecule has 22 heavy (non-hydrogen) atoms. The van der Waals surface area contributed by atoms with Gasteiger partial charge >= 0.3 is 0 Å². The molecule has 0 radical (unpaired) electrons. The zero-order valence-electron chi connectivity index (χ0n) is 12.5. The van der Waals surface area contributed by atoms with E-state index < -0.39 is 10.8 Å². The molecule has 8 heteroatoms. The van der Waals surface area contributed by atoms with E-state index in [1.165, 1.54) is 12.1 Å². The Labute approximate surface area is 126 Å². The fourth-order valence-corrected chi connectivity index (χ4v) is 2.26. The number of nitro groups is 1. The Bertz CT molecular complexity index is 752. The average molecular weight is 304 g/mol. The number of aromatic nitrogens is 2. The largest absolute Gasteiger partial charge is 0.506 e. The van der Waals surface area contributed by atoms with Crippen LogP contribution in [0.15, 0.2) is 18.2 Å². The number of carbonyl (C=O) groups excluding carboxylic acids is 1. The van der Waals surface area contributed by atoms with E-state index in [0.29, 0.717) is 17.8 Å². The second kappa shape index (κ2) is 5.84. The van der Waals surface area contributed by atoms with Gasteiger partial charge < -0.3 is 10.4 Å². The highest BCUT2D eigenvalue weighted by Gasteiger charge is 2.20. The van der Waals surface area contributed by atoms with Crippen LogP contribution in [0.2, 0.25) is 0 Å². The molecule has 8 nitrogen and oxygen atoms in total. The van der Waals surface area contributed by atoms with Crippen LogP contribution >= 0.6 is 0 Å². The summed E-state index contributed by atoms with van der Waals surface area (Å²) >= 11 is 0. The lowest BCUT2D eigenvalue weighted by molar-refractivity contribution is -0.384. The predicted molar refractivity (Wildman–Crippen MR) is 80.1 cm³/mol. The van der Waals surface area contributed by atoms with Crippen LogP contribution in [-0.4, -0.2) is 25.7 Å². The number of phenols is 1. The normalized spacial score (nSPS) is 10.5. The van der Waals surface area contributed by atoms with Gasteiger partial charge in [-0.2, -0.15) is 5.10 Å². The summed E-state index contributed by atoms with van der Waals surface area (Å²) < 4.78 is 1.71. The molecular formula is C14H16N4O4. The topological polar surface area (TPSA) is 110 Å². The van der Waals surface area contributed by atoms with Gasteiger partial charge in [0.1, 0.15) is 5.75 Å². The molecule has 1 amide bonds. The molecular weight excluding hydrogens is 288 g/mol. The van der Waals surface area contributed by atoms with Crippen molar-refractivity contribution >= 4 is 17.3 Å². The number of carbonyl (C=O) groups is 1. The van der Waals surface area contributed by atoms with Crippen LogP contribution in [0.3, 0.4) is 0 Å². The molecule has 2 aromatic rings. The number of anilines is 1. The first-order valence-electron chi connectivity index (χ1n) is 6.68. The number of rotatable bonds is 4. The predicted octanol–water partition coefficient (Wildman–Crippen LogP) is 2.39. The van der Waals surface area contributed by atoms with Crippen molar-refractivity contribution < 1.29 is 14.8 Å². The van der Waals surface area contributed by atoms with Gasteiger partial charge in [0.15, 0.2) is 0 Å². The number of aryl methyl sites for hydroxylation is 2. The van der Waals surface area contributed by atoms with E-state index in [1.54, 1.807) is 18.5 Å². The van der Waals surface area contributed by atoms with Crippen molar-refractivity contribution in [2.45, 2.75) is 27.3 Å². The standard InChI is InChI=1S/C14H16N4O4/c1-4-17-9(3)13(8(2)16-17)14(20)15-11-6-5-10(18(21)22)7-12(11)19/h5-7,19H,4H2,1-3H3,(H,15,20). The van der Waals surface area contributed by atoms with Crippen LogP contribution in [0.4, 0.5) is 11.4 Å². The Balaban J connectivity index is 2.30. The van der Waals surface area contributed by atoms with Gasteiger partial charge in [0.05, 0.1) is 27.9 Å². The third-order valence-corrected chi connectivity index (χ3v) is 3.35. The first-order valence-corrected chi connectivity index (χ1v) is 6.68. The maximum absolute atomic E-state index is 12.3. The fourth-order valence-electron chi connectivity index (χ4n) is 2.26. The lowest BCUT2D eigenvalue weighted by Crippen LogP contribution is -2.14. The van der Waals surface area contributed by atoms with E-state index in [9.17, 15) is 20.0 Å². The van der Waals surface area contributed by atoms with Crippen LogP contribution in [0, 0.1) is 24.0 Å². The van der Waals surface area contributed by atoms with Gasteiger partial charge in [0, 0.05) is 18.3 Å². The Morgan fingerprint density at radius 1 is 1.45 bits per heavy atom. The minimum atomic E-state index is -0.620. The zero-order chi connectivity index (χ0) is 16.4. The number of phenolic OH excluding ortho intramolecular Hbond substituents is 1. The monoisotopic (exact) mass is 304 g/mol. The number of non-ortho nitro benzene ring substituents is 1. The second-order valence-corrected chi connectivity index (χ2v) is 4.77. The molecule has 2 N–H and O–H groups in total. The van der Waals surface area contributed by atoms with Gasteiger partial charge in [0.2, 0.25) is 0 Å². The van der Waals surface area contributed by atoms with Crippen molar-refractivity contribution in [2.24, 2.45) is 0 Å². The Kier molecular flexibility index (Phi) is 4.11. The number of nitrogens with one attached hydrogen (secondary N) is 1. The number of hydrogen-bond donors (Lipinski definition) is 2. The molecule has 0 aliphatic heterocycles. The molecule has 1 aromatic heterocycles. The van der Waals surface area contributed by atoms with E-state index >= 15 is 0 Å². The maximum atomic E-state index is 12.3. The molecule has 116 valence electrons. The molecule has 0 saturated carbocycles. The lowest BCUT2D eigenvalue weighted by Gasteiger charge is -2.07. The molecule has 1 heterocycles. The quantitative estimate of drug-likeness (QED) is 0.512. The van der Waals surface area contributed by atoms with E-state index in [-0.39, 0.29) is 17.1 Å². The summed E-state index contributed by atoms with van der Waals surface area (Å²) in [5, 5.41) is 27.2. The van der Waals surface area contributed by atoms with Crippen LogP contribution in [-0.2, 0) is 6.54 Å². The number of aromatic hydroxyl groups is 1. The van der Waals surface area contributed by atoms with E-state index in [4.69, 9.17) is 0 Å². The highest BCUT2D eigenvalue weighted by atomic mass is 16.6. The number of amides is 1. The third kappa shape index (κ3) is 2.76. The second-order valence-electron chi connectivity index (χ2n) is 4.77. The summed E-state index contributed by atoms with van der Waals surface area (Å²) in [4.78, 5) is 22.4. The summed E-state index contributed by atoms with van der Waals surface area (Å²) in [6.07, 6.45) is 0. The van der Waals surface area contributed by atoms with Crippen molar-refractivity contribution in [1.82, 2.24) is 9.78 Å². The SMILES string of the molecule is CCn1nc(C)c(C(=O)Nc2ccc([N+](=O)[O-])cc2O)c1C. The van der Waals surface area contributed by atoms with Crippen molar-refractivity contribution in [2.75, 3.05) is 5.32 Å². The summed E-state index contributed by atoms with van der Waals surface area (Å²) in [5.41, 5.74) is 1.59. The average Bonchev–Trinajstić information content (AvgIpc) is 2.75. The molecule has 0 unspecified atom stereocenters. The molecule has 2 rings (SSSR count). The fraction of sp³-hybridized carbons (Fsp3) is 0.286. The van der Waals surface area contributed by atoms with Gasteiger partial charge in [0.25, 0.3) is 11.6 Å². The van der Waals surface area contributed by atoms with Gasteiger partial charge in [-0.05, 0) is 26.8 Å². The van der Waals surface area contributed by atoms with Gasteiger partial charge in [-0.3, -0.25) is 19.6 Å². The smallest absolute Gasteiger partial charge is 0.273 e. The number of benzene rings is 1. The molecule has 0 saturated heterocycles. The van der Waals surface area contributed by atoms with Crippen molar-refractivity contribution in [3.63, 3.8) is 0 Å². The summed E-state index contributed by atoms with van der Waals surface area (Å²) in [6.45, 7) is 6.07. The molecule has 1 aromatic carbocycles. The molecule has 0 bridgehead atoms. The van der Waals surface area contributed by atoms with Crippen LogP contribution < -0.4 is 5.32 Å². The van der Waals surface area contributed by atoms with Gasteiger partial charge in [-0.25, -0.2) is 0 Å². The summed E-state index contributed by atoms with van der Waals surface area (Å²) in [5.74, 6) is -0.778. The van der Waals surface area contributed by atoms with E-state index in [0.717, 1.165) is 11.8 Å². The van der Waals surface area contributed by atoms with E-state index in [2.05, 4.69) is 10.4 Å². The highest BCUT2D eigenvalue weighted by molar-refractivity contribution is 6.06. The number of nitro benzene ring substituents is 1. The van der Waals surface area contributed by atoms with E-state index in [1.807, 2.05) is 6.92 Å². The number of nitrogens with zero attached hydrogens (tertiary/aromatic N) is 3. The first-order chi connectivity index (χ1) is 10.3. The van der Waals surface area contributed by atoms with Crippen LogP contribution in [0.25, 0.3) is 0 Å². The molecule has 0 aliphatic rings. The molecule has 0 atom stereocenters. The van der Waals surface area contributed by atoms with Crippen molar-refractivity contribution in [1.29, 1.82) is 0 Å². The molecule has 0 spiro atoms. The Hall–Kier alpha value is -2.90. The zero-order valence-corrected chi connectivity index (χ0v) is 12.5. The van der Waals surface area contributed by atoms with Crippen LogP contribution in [0.1, 0.15) is 28.7 Å². The van der Waals surface area contributed by atoms with Crippen LogP contribution in [0.5, 0.6) is 5.75 Å². The van der Waals surface area contributed by atoms with Gasteiger partial charge in [-0.1, -0.05) is 0 Å². The molecule has 0 aliphatic carbocycles. The number of hydrogen-bond acceptors (Lipinski definition) is 5. The summed E-state index contributed by atoms with van der Waals surface area (Å²) in [7, 11) is 0. The Morgan fingerprint density at radius 2 is 2.14 bits per heavy atom. The Morgan fingerprint density at radius 3 is 2.64 bits per heavy atom. The maximum Gasteiger partial charge on any atom is 0.273 e.